The van der Waals surface area contributed by atoms with E-state index in [0.29, 0.717) is 10.6 Å². The van der Waals surface area contributed by atoms with Crippen molar-refractivity contribution >= 4 is 17.7 Å². The number of nitrogens with zero attached hydrogens (tertiary/aromatic N) is 2. The molecule has 0 saturated heterocycles. The number of thioether (sulfide) groups is 1. The van der Waals surface area contributed by atoms with Crippen LogP contribution in [0, 0.1) is 11.3 Å². The first-order valence-electron chi connectivity index (χ1n) is 5.44. The van der Waals surface area contributed by atoms with Crippen LogP contribution in [-0.2, 0) is 4.79 Å². The van der Waals surface area contributed by atoms with Crippen LogP contribution in [0.2, 0.25) is 0 Å². The molecule has 0 bridgehead atoms. The molecule has 5 heteroatoms. The molecule has 1 atom stereocenters. The molecule has 0 fully saturated rings. The van der Waals surface area contributed by atoms with Crippen molar-refractivity contribution in [2.24, 2.45) is 0 Å². The summed E-state index contributed by atoms with van der Waals surface area (Å²) in [5.74, 6) is 0.259. The zero-order valence-corrected chi connectivity index (χ0v) is 10.8. The number of carbonyl (C=O) groups is 1. The van der Waals surface area contributed by atoms with Gasteiger partial charge in [-0.05, 0) is 25.5 Å². The first kappa shape index (κ1) is 13.5. The Morgan fingerprint density at radius 1 is 1.71 bits per heavy atom. The minimum Gasteiger partial charge on any atom is -0.353 e. The van der Waals surface area contributed by atoms with Gasteiger partial charge in [0.15, 0.2) is 0 Å². The lowest BCUT2D eigenvalue weighted by Gasteiger charge is -2.10. The molecule has 0 aliphatic carbocycles. The Morgan fingerprint density at radius 3 is 3.12 bits per heavy atom. The van der Waals surface area contributed by atoms with Crippen LogP contribution in [0.5, 0.6) is 0 Å². The van der Waals surface area contributed by atoms with Crippen molar-refractivity contribution in [3.63, 3.8) is 0 Å². The Bertz CT molecular complexity index is 428. The Morgan fingerprint density at radius 2 is 2.47 bits per heavy atom. The fourth-order valence-corrected chi connectivity index (χ4v) is 1.90. The highest BCUT2D eigenvalue weighted by Crippen LogP contribution is 2.18. The van der Waals surface area contributed by atoms with Gasteiger partial charge in [-0.1, -0.05) is 18.7 Å². The van der Waals surface area contributed by atoms with Gasteiger partial charge in [-0.2, -0.15) is 5.26 Å². The first-order chi connectivity index (χ1) is 8.17. The maximum absolute atomic E-state index is 11.5. The molecule has 17 heavy (non-hydrogen) atoms. The molecule has 90 valence electrons. The molecule has 0 aliphatic heterocycles. The van der Waals surface area contributed by atoms with Gasteiger partial charge in [0.1, 0.15) is 11.1 Å². The van der Waals surface area contributed by atoms with E-state index in [0.717, 1.165) is 6.42 Å². The third-order valence-electron chi connectivity index (χ3n) is 2.25. The van der Waals surface area contributed by atoms with Gasteiger partial charge in [0.2, 0.25) is 5.91 Å². The molecular formula is C12H15N3OS. The van der Waals surface area contributed by atoms with Crippen molar-refractivity contribution in [3.8, 4) is 6.07 Å². The van der Waals surface area contributed by atoms with Crippen LogP contribution in [-0.4, -0.2) is 22.7 Å². The Kier molecular flexibility index (Phi) is 5.50. The summed E-state index contributed by atoms with van der Waals surface area (Å²) < 4.78 is 0. The second-order valence-electron chi connectivity index (χ2n) is 3.63. The van der Waals surface area contributed by atoms with E-state index in [1.807, 2.05) is 13.8 Å². The van der Waals surface area contributed by atoms with Crippen molar-refractivity contribution in [2.75, 3.05) is 5.75 Å². The molecule has 1 rings (SSSR count). The Balaban J connectivity index is 2.51. The molecule has 0 radical (unpaired) electrons. The number of nitrogens with one attached hydrogen (secondary N) is 1. The van der Waals surface area contributed by atoms with Crippen LogP contribution < -0.4 is 5.32 Å². The molecule has 1 unspecified atom stereocenters. The van der Waals surface area contributed by atoms with Gasteiger partial charge >= 0.3 is 0 Å². The molecule has 0 aliphatic rings. The van der Waals surface area contributed by atoms with Crippen molar-refractivity contribution in [3.05, 3.63) is 23.9 Å². The fraction of sp³-hybridized carbons (Fsp3) is 0.417. The SMILES string of the molecule is CCC(C)NC(=O)CSc1ncccc1C#N. The molecule has 1 aromatic rings. The van der Waals surface area contributed by atoms with Crippen LogP contribution in [0.4, 0.5) is 0 Å². The van der Waals surface area contributed by atoms with Crippen molar-refractivity contribution in [1.82, 2.24) is 10.3 Å². The van der Waals surface area contributed by atoms with Crippen LogP contribution in [0.25, 0.3) is 0 Å². The summed E-state index contributed by atoms with van der Waals surface area (Å²) in [6.07, 6.45) is 2.53. The van der Waals surface area contributed by atoms with Crippen LogP contribution in [0.3, 0.4) is 0 Å². The zero-order chi connectivity index (χ0) is 12.7. The van der Waals surface area contributed by atoms with E-state index in [9.17, 15) is 4.79 Å². The number of amides is 1. The average molecular weight is 249 g/mol. The molecule has 0 aromatic carbocycles. The Labute approximate surface area is 105 Å². The number of hydrogen-bond donors (Lipinski definition) is 1. The van der Waals surface area contributed by atoms with Crippen molar-refractivity contribution < 1.29 is 4.79 Å². The highest BCUT2D eigenvalue weighted by molar-refractivity contribution is 7.99. The third-order valence-corrected chi connectivity index (χ3v) is 3.26. The fourth-order valence-electron chi connectivity index (χ4n) is 1.14. The van der Waals surface area contributed by atoms with Crippen molar-refractivity contribution in [2.45, 2.75) is 31.3 Å². The normalized spacial score (nSPS) is 11.6. The molecule has 0 saturated carbocycles. The van der Waals surface area contributed by atoms with Crippen LogP contribution in [0.15, 0.2) is 23.4 Å². The minimum atomic E-state index is -0.0288. The van der Waals surface area contributed by atoms with E-state index in [4.69, 9.17) is 5.26 Å². The number of hydrogen-bond acceptors (Lipinski definition) is 4. The lowest BCUT2D eigenvalue weighted by atomic mass is 10.3. The van der Waals surface area contributed by atoms with Gasteiger partial charge in [0.25, 0.3) is 0 Å². The van der Waals surface area contributed by atoms with Gasteiger partial charge in [0.05, 0.1) is 11.3 Å². The van der Waals surface area contributed by atoms with Crippen LogP contribution >= 0.6 is 11.8 Å². The number of carbonyl (C=O) groups excluding carboxylic acids is 1. The van der Waals surface area contributed by atoms with Gasteiger partial charge < -0.3 is 5.32 Å². The maximum Gasteiger partial charge on any atom is 0.230 e. The smallest absolute Gasteiger partial charge is 0.230 e. The topological polar surface area (TPSA) is 65.8 Å². The summed E-state index contributed by atoms with van der Waals surface area (Å²) in [7, 11) is 0. The van der Waals surface area contributed by atoms with Crippen molar-refractivity contribution in [1.29, 1.82) is 5.26 Å². The zero-order valence-electron chi connectivity index (χ0n) is 9.93. The standard InChI is InChI=1S/C12H15N3OS/c1-3-9(2)15-11(16)8-17-12-10(7-13)5-4-6-14-12/h4-6,9H,3,8H2,1-2H3,(H,15,16). The maximum atomic E-state index is 11.5. The highest BCUT2D eigenvalue weighted by atomic mass is 32.2. The number of aromatic nitrogens is 1. The summed E-state index contributed by atoms with van der Waals surface area (Å²) in [4.78, 5) is 15.6. The number of pyridine rings is 1. The molecular weight excluding hydrogens is 234 g/mol. The summed E-state index contributed by atoms with van der Waals surface area (Å²) in [5.41, 5.74) is 0.508. The molecule has 0 spiro atoms. The number of rotatable bonds is 5. The van der Waals surface area contributed by atoms with Gasteiger partial charge in [-0.15, -0.1) is 0 Å². The quantitative estimate of drug-likeness (QED) is 0.810. The lowest BCUT2D eigenvalue weighted by molar-refractivity contribution is -0.119. The second kappa shape index (κ2) is 6.92. The summed E-state index contributed by atoms with van der Waals surface area (Å²) in [6.45, 7) is 3.98. The van der Waals surface area contributed by atoms with Crippen LogP contribution in [0.1, 0.15) is 25.8 Å². The Hall–Kier alpha value is -1.54. The first-order valence-corrected chi connectivity index (χ1v) is 6.43. The van der Waals surface area contributed by atoms with E-state index in [1.165, 1.54) is 11.8 Å². The molecule has 4 nitrogen and oxygen atoms in total. The second-order valence-corrected chi connectivity index (χ2v) is 4.60. The van der Waals surface area contributed by atoms with E-state index >= 15 is 0 Å². The summed E-state index contributed by atoms with van der Waals surface area (Å²) in [6, 6.07) is 5.65. The average Bonchev–Trinajstić information content (AvgIpc) is 2.36. The highest BCUT2D eigenvalue weighted by Gasteiger charge is 2.09. The molecule has 1 N–H and O–H groups in total. The van der Waals surface area contributed by atoms with E-state index < -0.39 is 0 Å². The predicted octanol–water partition coefficient (Wildman–Crippen LogP) is 1.96. The lowest BCUT2D eigenvalue weighted by Crippen LogP contribution is -2.33. The van der Waals surface area contributed by atoms with E-state index in [1.54, 1.807) is 18.3 Å². The van der Waals surface area contributed by atoms with E-state index in [2.05, 4.69) is 16.4 Å². The molecule has 1 aromatic heterocycles. The minimum absolute atomic E-state index is 0.0288. The predicted molar refractivity (Wildman–Crippen MR) is 67.6 cm³/mol. The summed E-state index contributed by atoms with van der Waals surface area (Å²) in [5, 5.41) is 12.3. The van der Waals surface area contributed by atoms with E-state index in [-0.39, 0.29) is 17.7 Å². The van der Waals surface area contributed by atoms with Gasteiger partial charge in [-0.25, -0.2) is 4.98 Å². The van der Waals surface area contributed by atoms with Gasteiger partial charge in [-0.3, -0.25) is 4.79 Å². The largest absolute Gasteiger partial charge is 0.353 e. The molecule has 1 amide bonds. The molecule has 1 heterocycles. The third kappa shape index (κ3) is 4.45. The summed E-state index contributed by atoms with van der Waals surface area (Å²) >= 11 is 1.29. The number of nitriles is 1. The monoisotopic (exact) mass is 249 g/mol. The van der Waals surface area contributed by atoms with Gasteiger partial charge in [0, 0.05) is 12.2 Å².